The number of carbonyl (C=O) groups is 1. The minimum atomic E-state index is -5.05. The first-order valence-corrected chi connectivity index (χ1v) is 11.8. The van der Waals surface area contributed by atoms with Crippen LogP contribution in [0, 0.1) is 0 Å². The summed E-state index contributed by atoms with van der Waals surface area (Å²) in [6.45, 7) is -0.0140. The van der Waals surface area contributed by atoms with Crippen molar-refractivity contribution in [2.75, 3.05) is 13.2 Å². The highest BCUT2D eigenvalue weighted by atomic mass is 19.4. The van der Waals surface area contributed by atoms with Gasteiger partial charge < -0.3 is 30.3 Å². The molecule has 0 fully saturated rings. The number of rotatable bonds is 10. The van der Waals surface area contributed by atoms with Gasteiger partial charge in [0, 0.05) is 6.42 Å². The van der Waals surface area contributed by atoms with Gasteiger partial charge >= 0.3 is 18.8 Å². The zero-order valence-corrected chi connectivity index (χ0v) is 21.0. The number of alkyl halides is 6. The fourth-order valence-electron chi connectivity index (χ4n) is 4.01. The summed E-state index contributed by atoms with van der Waals surface area (Å²) in [5.74, 6) is -1.27. The molecule has 3 rings (SSSR count). The van der Waals surface area contributed by atoms with Crippen molar-refractivity contribution in [3.63, 3.8) is 0 Å². The third-order valence-electron chi connectivity index (χ3n) is 5.87. The Balaban J connectivity index is 2.26. The summed E-state index contributed by atoms with van der Waals surface area (Å²) in [6.07, 6.45) is -10.2. The molecule has 40 heavy (non-hydrogen) atoms. The topological polar surface area (TPSA) is 100 Å². The number of benzene rings is 3. The van der Waals surface area contributed by atoms with E-state index in [-0.39, 0.29) is 17.5 Å². The monoisotopic (exact) mass is 572 g/mol. The molecule has 0 saturated carbocycles. The van der Waals surface area contributed by atoms with Crippen LogP contribution in [0.5, 0.6) is 11.5 Å². The van der Waals surface area contributed by atoms with Gasteiger partial charge in [-0.15, -0.1) is 26.3 Å². The molecule has 2 amide bonds. The van der Waals surface area contributed by atoms with Gasteiger partial charge in [-0.2, -0.15) is 0 Å². The SMILES string of the molecule is CC(CO)(CO)NC(=O)NC(Cc1ccccc1)(c1cccc(OC(F)(F)F)c1)c1cccc(OC(F)(F)F)c1. The largest absolute Gasteiger partial charge is 0.573 e. The van der Waals surface area contributed by atoms with E-state index in [0.717, 1.165) is 24.3 Å². The first-order chi connectivity index (χ1) is 18.7. The highest BCUT2D eigenvalue weighted by Gasteiger charge is 2.40. The van der Waals surface area contributed by atoms with Crippen LogP contribution >= 0.6 is 0 Å². The summed E-state index contributed by atoms with van der Waals surface area (Å²) in [4.78, 5) is 13.3. The Kier molecular flexibility index (Phi) is 9.21. The summed E-state index contributed by atoms with van der Waals surface area (Å²) in [7, 11) is 0. The van der Waals surface area contributed by atoms with Gasteiger partial charge in [0.2, 0.25) is 0 Å². The Morgan fingerprint density at radius 3 is 1.62 bits per heavy atom. The summed E-state index contributed by atoms with van der Waals surface area (Å²) < 4.78 is 86.4. The number of hydrogen-bond acceptors (Lipinski definition) is 5. The van der Waals surface area contributed by atoms with Gasteiger partial charge in [-0.25, -0.2) is 4.79 Å². The molecular formula is C27H26F6N2O5. The molecule has 0 bridgehead atoms. The molecule has 13 heteroatoms. The van der Waals surface area contributed by atoms with Crippen molar-refractivity contribution in [3.8, 4) is 11.5 Å². The zero-order chi connectivity index (χ0) is 29.6. The Hall–Kier alpha value is -3.97. The van der Waals surface area contributed by atoms with E-state index in [1.54, 1.807) is 30.3 Å². The van der Waals surface area contributed by atoms with E-state index < -0.39 is 54.5 Å². The maximum absolute atomic E-state index is 13.3. The number of amides is 2. The second-order valence-electron chi connectivity index (χ2n) is 9.17. The van der Waals surface area contributed by atoms with Crippen LogP contribution in [-0.4, -0.2) is 47.7 Å². The number of urea groups is 1. The van der Waals surface area contributed by atoms with Crippen molar-refractivity contribution in [1.29, 1.82) is 0 Å². The molecule has 0 aromatic heterocycles. The number of halogens is 6. The Labute approximate surface area is 225 Å². The summed E-state index contributed by atoms with van der Waals surface area (Å²) in [5.41, 5.74) is -2.73. The number of carbonyl (C=O) groups excluding carboxylic acids is 1. The number of aliphatic hydroxyl groups excluding tert-OH is 2. The third kappa shape index (κ3) is 8.26. The molecule has 0 aliphatic carbocycles. The van der Waals surface area contributed by atoms with Gasteiger partial charge in [0.1, 0.15) is 11.5 Å². The van der Waals surface area contributed by atoms with Crippen molar-refractivity contribution < 1.29 is 50.8 Å². The maximum atomic E-state index is 13.3. The molecule has 0 aliphatic heterocycles. The van der Waals surface area contributed by atoms with Crippen LogP contribution in [0.2, 0.25) is 0 Å². The van der Waals surface area contributed by atoms with Gasteiger partial charge in [-0.1, -0.05) is 54.6 Å². The van der Waals surface area contributed by atoms with Crippen LogP contribution in [0.4, 0.5) is 31.1 Å². The fraction of sp³-hybridized carbons (Fsp3) is 0.296. The molecule has 0 aliphatic rings. The molecule has 216 valence electrons. The standard InChI is InChI=1S/C27H26F6N2O5/c1-24(16-36,17-37)34-23(38)35-25(15-18-7-3-2-4-8-18,19-9-5-11-21(13-19)39-26(28,29)30)20-10-6-12-22(14-20)40-27(31,32)33/h2-14,36-37H,15-17H2,1H3,(H2,34,35,38). The van der Waals surface area contributed by atoms with E-state index in [2.05, 4.69) is 20.1 Å². The average molecular weight is 573 g/mol. The molecule has 0 atom stereocenters. The van der Waals surface area contributed by atoms with E-state index in [1.165, 1.54) is 31.2 Å². The minimum Gasteiger partial charge on any atom is -0.406 e. The minimum absolute atomic E-state index is 0.0205. The molecular weight excluding hydrogens is 546 g/mol. The molecule has 0 spiro atoms. The molecule has 3 aromatic carbocycles. The number of hydrogen-bond donors (Lipinski definition) is 4. The van der Waals surface area contributed by atoms with Crippen LogP contribution < -0.4 is 20.1 Å². The number of ether oxygens (including phenoxy) is 2. The van der Waals surface area contributed by atoms with Crippen molar-refractivity contribution >= 4 is 6.03 Å². The van der Waals surface area contributed by atoms with Gasteiger partial charge in [0.15, 0.2) is 0 Å². The Bertz CT molecular complexity index is 1220. The molecule has 0 radical (unpaired) electrons. The number of aliphatic hydroxyl groups is 2. The second-order valence-corrected chi connectivity index (χ2v) is 9.17. The smallest absolute Gasteiger partial charge is 0.406 e. The van der Waals surface area contributed by atoms with Gasteiger partial charge in [0.25, 0.3) is 0 Å². The van der Waals surface area contributed by atoms with Crippen LogP contribution in [0.1, 0.15) is 23.6 Å². The van der Waals surface area contributed by atoms with E-state index in [0.29, 0.717) is 5.56 Å². The van der Waals surface area contributed by atoms with Crippen LogP contribution in [0.3, 0.4) is 0 Å². The highest BCUT2D eigenvalue weighted by molar-refractivity contribution is 5.77. The van der Waals surface area contributed by atoms with E-state index in [4.69, 9.17) is 0 Å². The van der Waals surface area contributed by atoms with Crippen molar-refractivity contribution in [1.82, 2.24) is 10.6 Å². The van der Waals surface area contributed by atoms with Crippen LogP contribution in [0.15, 0.2) is 78.9 Å². The zero-order valence-electron chi connectivity index (χ0n) is 21.0. The van der Waals surface area contributed by atoms with Crippen molar-refractivity contribution in [3.05, 3.63) is 95.6 Å². The average Bonchev–Trinajstić information content (AvgIpc) is 2.87. The van der Waals surface area contributed by atoms with Gasteiger partial charge in [-0.3, -0.25) is 0 Å². The first kappa shape index (κ1) is 30.6. The maximum Gasteiger partial charge on any atom is 0.573 e. The van der Waals surface area contributed by atoms with E-state index >= 15 is 0 Å². The highest BCUT2D eigenvalue weighted by Crippen LogP contribution is 2.38. The Morgan fingerprint density at radius 1 is 0.725 bits per heavy atom. The number of nitrogens with one attached hydrogen (secondary N) is 2. The van der Waals surface area contributed by atoms with Crippen LogP contribution in [0.25, 0.3) is 0 Å². The molecule has 4 N–H and O–H groups in total. The van der Waals surface area contributed by atoms with E-state index in [1.807, 2.05) is 0 Å². The summed E-state index contributed by atoms with van der Waals surface area (Å²) >= 11 is 0. The lowest BCUT2D eigenvalue weighted by Crippen LogP contribution is -2.59. The molecule has 0 saturated heterocycles. The Morgan fingerprint density at radius 2 is 1.20 bits per heavy atom. The molecule has 0 heterocycles. The lowest BCUT2D eigenvalue weighted by molar-refractivity contribution is -0.275. The summed E-state index contributed by atoms with van der Waals surface area (Å²) in [5, 5.41) is 24.4. The molecule has 0 unspecified atom stereocenters. The van der Waals surface area contributed by atoms with Crippen molar-refractivity contribution in [2.24, 2.45) is 0 Å². The molecule has 7 nitrogen and oxygen atoms in total. The second kappa shape index (κ2) is 12.0. The van der Waals surface area contributed by atoms with Crippen molar-refractivity contribution in [2.45, 2.75) is 37.1 Å². The predicted octanol–water partition coefficient (Wildman–Crippen LogP) is 5.01. The van der Waals surface area contributed by atoms with Crippen LogP contribution in [-0.2, 0) is 12.0 Å². The normalized spacial score (nSPS) is 12.5. The fourth-order valence-corrected chi connectivity index (χ4v) is 4.01. The van der Waals surface area contributed by atoms with Gasteiger partial charge in [-0.05, 0) is 47.9 Å². The van der Waals surface area contributed by atoms with E-state index in [9.17, 15) is 41.4 Å². The lowest BCUT2D eigenvalue weighted by atomic mass is 9.77. The molecule has 3 aromatic rings. The third-order valence-corrected chi connectivity index (χ3v) is 5.87. The predicted molar refractivity (Wildman–Crippen MR) is 131 cm³/mol. The first-order valence-electron chi connectivity index (χ1n) is 11.8. The quantitative estimate of drug-likeness (QED) is 0.256. The lowest BCUT2D eigenvalue weighted by Gasteiger charge is -2.38. The summed E-state index contributed by atoms with van der Waals surface area (Å²) in [6, 6.07) is 16.7. The van der Waals surface area contributed by atoms with Gasteiger partial charge in [0.05, 0.1) is 24.3 Å².